The van der Waals surface area contributed by atoms with E-state index in [2.05, 4.69) is 14.5 Å². The normalized spacial score (nSPS) is 26.4. The molecule has 2 aromatic rings. The van der Waals surface area contributed by atoms with Crippen LogP contribution in [0.1, 0.15) is 31.7 Å². The van der Waals surface area contributed by atoms with Gasteiger partial charge in [-0.05, 0) is 50.2 Å². The SMILES string of the molecule is S=c1[nH]c2cc(Cl)c(Cl)cc2n1C1CCN2CCCCC12. The molecule has 112 valence electrons. The molecule has 1 N–H and O–H groups in total. The summed E-state index contributed by atoms with van der Waals surface area (Å²) in [5.41, 5.74) is 2.05. The van der Waals surface area contributed by atoms with E-state index >= 15 is 0 Å². The molecule has 0 saturated carbocycles. The molecule has 0 bridgehead atoms. The zero-order chi connectivity index (χ0) is 14.6. The Kier molecular flexibility index (Phi) is 3.53. The van der Waals surface area contributed by atoms with Gasteiger partial charge >= 0.3 is 0 Å². The highest BCUT2D eigenvalue weighted by Crippen LogP contribution is 2.38. The first kappa shape index (κ1) is 14.1. The number of H-pyrrole nitrogens is 1. The number of nitrogens with one attached hydrogen (secondary N) is 1. The summed E-state index contributed by atoms with van der Waals surface area (Å²) in [5.74, 6) is 0. The van der Waals surface area contributed by atoms with Gasteiger partial charge < -0.3 is 9.55 Å². The average Bonchev–Trinajstić information content (AvgIpc) is 3.00. The van der Waals surface area contributed by atoms with Crippen molar-refractivity contribution in [2.24, 2.45) is 0 Å². The Hall–Kier alpha value is -0.550. The van der Waals surface area contributed by atoms with Gasteiger partial charge in [-0.1, -0.05) is 29.6 Å². The summed E-state index contributed by atoms with van der Waals surface area (Å²) in [6.07, 6.45) is 5.07. The Bertz CT molecular complexity index is 751. The van der Waals surface area contributed by atoms with E-state index in [1.54, 1.807) is 0 Å². The first-order chi connectivity index (χ1) is 10.1. The second kappa shape index (κ2) is 5.27. The number of hydrogen-bond donors (Lipinski definition) is 1. The van der Waals surface area contributed by atoms with Crippen molar-refractivity contribution >= 4 is 46.5 Å². The Labute approximate surface area is 138 Å². The molecule has 0 aliphatic carbocycles. The third-order valence-electron chi connectivity index (χ3n) is 4.91. The van der Waals surface area contributed by atoms with Crippen LogP contribution in [-0.4, -0.2) is 33.6 Å². The summed E-state index contributed by atoms with van der Waals surface area (Å²) in [7, 11) is 0. The van der Waals surface area contributed by atoms with Crippen LogP contribution in [0.15, 0.2) is 12.1 Å². The fourth-order valence-electron chi connectivity index (χ4n) is 3.97. The predicted octanol–water partition coefficient (Wildman–Crippen LogP) is 4.80. The first-order valence-electron chi connectivity index (χ1n) is 7.48. The lowest BCUT2D eigenvalue weighted by atomic mass is 9.99. The van der Waals surface area contributed by atoms with Gasteiger partial charge in [0.05, 0.1) is 27.1 Å². The maximum absolute atomic E-state index is 6.21. The standard InChI is InChI=1S/C15H17Cl2N3S/c16-9-7-11-14(8-10(9)17)20(15(21)18-11)13-4-6-19-5-2-1-3-12(13)19/h7-8,12-13H,1-6H2,(H,18,21). The number of halogens is 2. The minimum absolute atomic E-state index is 0.448. The second-order valence-electron chi connectivity index (χ2n) is 6.04. The van der Waals surface area contributed by atoms with Gasteiger partial charge in [0.25, 0.3) is 0 Å². The molecule has 1 aromatic carbocycles. The van der Waals surface area contributed by atoms with Gasteiger partial charge in [-0.2, -0.15) is 0 Å². The summed E-state index contributed by atoms with van der Waals surface area (Å²) in [6.45, 7) is 2.40. The largest absolute Gasteiger partial charge is 0.331 e. The van der Waals surface area contributed by atoms with Crippen LogP contribution in [0.4, 0.5) is 0 Å². The van der Waals surface area contributed by atoms with Crippen molar-refractivity contribution in [1.29, 1.82) is 0 Å². The van der Waals surface area contributed by atoms with Crippen molar-refractivity contribution in [3.8, 4) is 0 Å². The summed E-state index contributed by atoms with van der Waals surface area (Å²) in [6, 6.07) is 4.87. The van der Waals surface area contributed by atoms with Crippen molar-refractivity contribution in [1.82, 2.24) is 14.5 Å². The second-order valence-corrected chi connectivity index (χ2v) is 7.24. The van der Waals surface area contributed by atoms with Gasteiger partial charge in [0, 0.05) is 12.6 Å². The van der Waals surface area contributed by atoms with Crippen LogP contribution in [0.2, 0.25) is 10.0 Å². The smallest absolute Gasteiger partial charge is 0.178 e. The van der Waals surface area contributed by atoms with Crippen LogP contribution in [0.5, 0.6) is 0 Å². The Morgan fingerprint density at radius 3 is 2.71 bits per heavy atom. The van der Waals surface area contributed by atoms with Crippen LogP contribution in [-0.2, 0) is 0 Å². The number of aromatic amines is 1. The lowest BCUT2D eigenvalue weighted by molar-refractivity contribution is 0.174. The summed E-state index contributed by atoms with van der Waals surface area (Å²) in [5, 5.41) is 1.16. The maximum Gasteiger partial charge on any atom is 0.178 e. The molecule has 0 spiro atoms. The third kappa shape index (κ3) is 2.24. The van der Waals surface area contributed by atoms with Crippen LogP contribution < -0.4 is 0 Å². The number of benzene rings is 1. The van der Waals surface area contributed by atoms with Crippen molar-refractivity contribution in [3.63, 3.8) is 0 Å². The van der Waals surface area contributed by atoms with Crippen molar-refractivity contribution in [3.05, 3.63) is 26.9 Å². The van der Waals surface area contributed by atoms with Crippen LogP contribution in [0.3, 0.4) is 0 Å². The quantitative estimate of drug-likeness (QED) is 0.753. The number of fused-ring (bicyclic) bond motifs is 2. The predicted molar refractivity (Wildman–Crippen MR) is 90.0 cm³/mol. The lowest BCUT2D eigenvalue weighted by Crippen LogP contribution is -2.37. The number of imidazole rings is 1. The highest BCUT2D eigenvalue weighted by atomic mass is 35.5. The number of nitrogens with zero attached hydrogens (tertiary/aromatic N) is 2. The molecule has 4 rings (SSSR count). The van der Waals surface area contributed by atoms with Crippen LogP contribution in [0.25, 0.3) is 11.0 Å². The van der Waals surface area contributed by atoms with E-state index in [0.29, 0.717) is 22.1 Å². The van der Waals surface area contributed by atoms with Gasteiger partial charge in [-0.3, -0.25) is 4.90 Å². The van der Waals surface area contributed by atoms with Gasteiger partial charge in [-0.15, -0.1) is 0 Å². The zero-order valence-corrected chi connectivity index (χ0v) is 13.9. The molecular formula is C15H17Cl2N3S. The van der Waals surface area contributed by atoms with Gasteiger partial charge in [-0.25, -0.2) is 0 Å². The number of rotatable bonds is 1. The summed E-state index contributed by atoms with van der Waals surface area (Å²) >= 11 is 17.9. The molecule has 21 heavy (non-hydrogen) atoms. The molecule has 2 fully saturated rings. The number of hydrogen-bond acceptors (Lipinski definition) is 2. The lowest BCUT2D eigenvalue weighted by Gasteiger charge is -2.33. The molecule has 6 heteroatoms. The van der Waals surface area contributed by atoms with Crippen LogP contribution in [0, 0.1) is 4.77 Å². The highest BCUT2D eigenvalue weighted by Gasteiger charge is 2.37. The Balaban J connectivity index is 1.84. The van der Waals surface area contributed by atoms with E-state index in [9.17, 15) is 0 Å². The van der Waals surface area contributed by atoms with Crippen LogP contribution >= 0.6 is 35.4 Å². The fourth-order valence-corrected chi connectivity index (χ4v) is 4.64. The minimum atomic E-state index is 0.448. The van der Waals surface area contributed by atoms with Crippen molar-refractivity contribution in [2.45, 2.75) is 37.8 Å². The first-order valence-corrected chi connectivity index (χ1v) is 8.65. The Morgan fingerprint density at radius 2 is 1.86 bits per heavy atom. The van der Waals surface area contributed by atoms with Crippen molar-refractivity contribution in [2.75, 3.05) is 13.1 Å². The highest BCUT2D eigenvalue weighted by molar-refractivity contribution is 7.71. The molecule has 2 aliphatic heterocycles. The molecule has 0 amide bonds. The summed E-state index contributed by atoms with van der Waals surface area (Å²) < 4.78 is 3.05. The molecule has 2 saturated heterocycles. The summed E-state index contributed by atoms with van der Waals surface area (Å²) in [4.78, 5) is 5.90. The van der Waals surface area contributed by atoms with Gasteiger partial charge in [0.1, 0.15) is 0 Å². The Morgan fingerprint density at radius 1 is 1.05 bits per heavy atom. The van der Waals surface area contributed by atoms with E-state index in [4.69, 9.17) is 35.4 Å². The molecule has 2 aliphatic rings. The fraction of sp³-hybridized carbons (Fsp3) is 0.533. The molecule has 3 heterocycles. The van der Waals surface area contributed by atoms with E-state index in [0.717, 1.165) is 22.2 Å². The van der Waals surface area contributed by atoms with E-state index < -0.39 is 0 Å². The topological polar surface area (TPSA) is 24.0 Å². The zero-order valence-electron chi connectivity index (χ0n) is 11.6. The maximum atomic E-state index is 6.21. The molecule has 0 radical (unpaired) electrons. The van der Waals surface area contributed by atoms with E-state index in [-0.39, 0.29) is 0 Å². The number of piperidine rings is 1. The average molecular weight is 342 g/mol. The van der Waals surface area contributed by atoms with Gasteiger partial charge in [0.15, 0.2) is 4.77 Å². The molecular weight excluding hydrogens is 325 g/mol. The minimum Gasteiger partial charge on any atom is -0.331 e. The van der Waals surface area contributed by atoms with Crippen molar-refractivity contribution < 1.29 is 0 Å². The monoisotopic (exact) mass is 341 g/mol. The van der Waals surface area contributed by atoms with E-state index in [1.165, 1.54) is 32.4 Å². The number of aromatic nitrogens is 2. The molecule has 2 unspecified atom stereocenters. The van der Waals surface area contributed by atoms with Gasteiger partial charge in [0.2, 0.25) is 0 Å². The molecule has 1 aromatic heterocycles. The molecule has 2 atom stereocenters. The van der Waals surface area contributed by atoms with E-state index in [1.807, 2.05) is 12.1 Å². The molecule has 3 nitrogen and oxygen atoms in total. The third-order valence-corrected chi connectivity index (χ3v) is 5.93.